The van der Waals surface area contributed by atoms with Crippen molar-refractivity contribution in [3.05, 3.63) is 48.2 Å². The highest BCUT2D eigenvalue weighted by Gasteiger charge is 2.28. The van der Waals surface area contributed by atoms with E-state index in [2.05, 4.69) is 4.98 Å². The Hall–Kier alpha value is -2.40. The molecule has 1 amide bonds. The summed E-state index contributed by atoms with van der Waals surface area (Å²) in [6.45, 7) is 0.745. The molecule has 1 aromatic heterocycles. The fraction of sp³-hybridized carbons (Fsp3) is 0.294. The second kappa shape index (κ2) is 6.15. The third-order valence-electron chi connectivity index (χ3n) is 4.10. The van der Waals surface area contributed by atoms with Crippen LogP contribution in [-0.2, 0) is 0 Å². The second-order valence-electron chi connectivity index (χ2n) is 5.53. The van der Waals surface area contributed by atoms with Crippen molar-refractivity contribution in [2.75, 3.05) is 18.9 Å². The van der Waals surface area contributed by atoms with Gasteiger partial charge in [0, 0.05) is 23.9 Å². The van der Waals surface area contributed by atoms with Gasteiger partial charge < -0.3 is 15.7 Å². The number of hydrogen-bond acceptors (Lipinski definition) is 4. The first-order chi connectivity index (χ1) is 10.7. The molecule has 0 radical (unpaired) electrons. The van der Waals surface area contributed by atoms with Crippen LogP contribution < -0.4 is 5.73 Å². The van der Waals surface area contributed by atoms with Gasteiger partial charge in [0.05, 0.1) is 12.6 Å². The summed E-state index contributed by atoms with van der Waals surface area (Å²) >= 11 is 0. The van der Waals surface area contributed by atoms with Crippen molar-refractivity contribution >= 4 is 11.7 Å². The van der Waals surface area contributed by atoms with Crippen molar-refractivity contribution in [1.29, 1.82) is 0 Å². The molecule has 0 saturated carbocycles. The van der Waals surface area contributed by atoms with E-state index in [1.165, 1.54) is 0 Å². The number of likely N-dealkylation sites (tertiary alicyclic amines) is 1. The summed E-state index contributed by atoms with van der Waals surface area (Å²) in [5.41, 5.74) is 8.18. The van der Waals surface area contributed by atoms with Crippen molar-refractivity contribution in [3.63, 3.8) is 0 Å². The zero-order valence-corrected chi connectivity index (χ0v) is 12.3. The molecule has 3 N–H and O–H groups in total. The number of carbonyl (C=O) groups excluding carboxylic acids is 1. The summed E-state index contributed by atoms with van der Waals surface area (Å²) in [6, 6.07) is 11.1. The average molecular weight is 297 g/mol. The van der Waals surface area contributed by atoms with Crippen LogP contribution >= 0.6 is 0 Å². The Morgan fingerprint density at radius 2 is 1.95 bits per heavy atom. The molecule has 1 aromatic carbocycles. The van der Waals surface area contributed by atoms with Crippen LogP contribution in [0.25, 0.3) is 11.1 Å². The fourth-order valence-corrected chi connectivity index (χ4v) is 2.84. The quantitative estimate of drug-likeness (QED) is 0.907. The lowest BCUT2D eigenvalue weighted by Crippen LogP contribution is -2.37. The molecule has 114 valence electrons. The molecular weight excluding hydrogens is 278 g/mol. The van der Waals surface area contributed by atoms with Gasteiger partial charge in [0.1, 0.15) is 5.82 Å². The van der Waals surface area contributed by atoms with E-state index in [1.807, 2.05) is 30.3 Å². The van der Waals surface area contributed by atoms with E-state index in [9.17, 15) is 9.90 Å². The third kappa shape index (κ3) is 2.80. The van der Waals surface area contributed by atoms with Gasteiger partial charge in [-0.15, -0.1) is 0 Å². The van der Waals surface area contributed by atoms with Crippen LogP contribution in [0.5, 0.6) is 0 Å². The minimum absolute atomic E-state index is 0.0152. The molecule has 0 bridgehead atoms. The molecule has 3 rings (SSSR count). The number of carbonyl (C=O) groups is 1. The van der Waals surface area contributed by atoms with Crippen LogP contribution in [0, 0.1) is 0 Å². The molecule has 2 aromatic rings. The van der Waals surface area contributed by atoms with Gasteiger partial charge in [-0.3, -0.25) is 4.79 Å². The number of aliphatic hydroxyl groups is 1. The van der Waals surface area contributed by atoms with Crippen LogP contribution in [0.15, 0.2) is 42.6 Å². The molecule has 0 aliphatic carbocycles. The highest BCUT2D eigenvalue weighted by atomic mass is 16.3. The van der Waals surface area contributed by atoms with Gasteiger partial charge in [0.2, 0.25) is 0 Å². The normalized spacial score (nSPS) is 17.7. The lowest BCUT2D eigenvalue weighted by atomic mass is 10.0. The fourth-order valence-electron chi connectivity index (χ4n) is 2.84. The summed E-state index contributed by atoms with van der Waals surface area (Å²) in [5.74, 6) is 0.471. The molecule has 1 aliphatic heterocycles. The number of nitrogens with zero attached hydrogens (tertiary/aromatic N) is 2. The van der Waals surface area contributed by atoms with Crippen LogP contribution in [0.4, 0.5) is 5.82 Å². The Labute approximate surface area is 129 Å². The maximum atomic E-state index is 12.5. The van der Waals surface area contributed by atoms with Gasteiger partial charge in [-0.1, -0.05) is 12.1 Å². The summed E-state index contributed by atoms with van der Waals surface area (Å²) in [4.78, 5) is 18.3. The van der Waals surface area contributed by atoms with E-state index >= 15 is 0 Å². The molecule has 1 atom stereocenters. The number of benzene rings is 1. The Morgan fingerprint density at radius 3 is 2.59 bits per heavy atom. The first-order valence-corrected chi connectivity index (χ1v) is 7.43. The lowest BCUT2D eigenvalue weighted by Gasteiger charge is -2.23. The largest absolute Gasteiger partial charge is 0.394 e. The van der Waals surface area contributed by atoms with Crippen molar-refractivity contribution in [1.82, 2.24) is 9.88 Å². The highest BCUT2D eigenvalue weighted by Crippen LogP contribution is 2.23. The third-order valence-corrected chi connectivity index (χ3v) is 4.10. The predicted octanol–water partition coefficient (Wildman–Crippen LogP) is 1.93. The zero-order chi connectivity index (χ0) is 15.5. The SMILES string of the molecule is Nc1ccc(-c2ccc(C(=O)N3CCC[C@H]3CO)cc2)cn1. The lowest BCUT2D eigenvalue weighted by molar-refractivity contribution is 0.0677. The monoisotopic (exact) mass is 297 g/mol. The van der Waals surface area contributed by atoms with Gasteiger partial charge in [-0.2, -0.15) is 0 Å². The Bertz CT molecular complexity index is 653. The van der Waals surface area contributed by atoms with E-state index in [1.54, 1.807) is 17.2 Å². The summed E-state index contributed by atoms with van der Waals surface area (Å²) in [5, 5.41) is 9.34. The summed E-state index contributed by atoms with van der Waals surface area (Å²) < 4.78 is 0. The topological polar surface area (TPSA) is 79.5 Å². The Kier molecular flexibility index (Phi) is 4.06. The van der Waals surface area contributed by atoms with Crippen LogP contribution in [0.3, 0.4) is 0 Å². The van der Waals surface area contributed by atoms with Gasteiger partial charge >= 0.3 is 0 Å². The standard InChI is InChI=1S/C17H19N3O2/c18-16-8-7-14(10-19-16)12-3-5-13(6-4-12)17(22)20-9-1-2-15(20)11-21/h3-8,10,15,21H,1-2,9,11H2,(H2,18,19)/t15-/m0/s1. The second-order valence-corrected chi connectivity index (χ2v) is 5.53. The van der Waals surface area contributed by atoms with Crippen LogP contribution in [-0.4, -0.2) is 40.1 Å². The van der Waals surface area contributed by atoms with E-state index in [4.69, 9.17) is 5.73 Å². The van der Waals surface area contributed by atoms with Crippen molar-refractivity contribution in [3.8, 4) is 11.1 Å². The van der Waals surface area contributed by atoms with E-state index in [-0.39, 0.29) is 18.6 Å². The smallest absolute Gasteiger partial charge is 0.254 e. The molecule has 5 nitrogen and oxygen atoms in total. The highest BCUT2D eigenvalue weighted by molar-refractivity contribution is 5.95. The number of aliphatic hydroxyl groups excluding tert-OH is 1. The maximum absolute atomic E-state index is 12.5. The van der Waals surface area contributed by atoms with Crippen molar-refractivity contribution in [2.45, 2.75) is 18.9 Å². The predicted molar refractivity (Wildman–Crippen MR) is 85.2 cm³/mol. The average Bonchev–Trinajstić information content (AvgIpc) is 3.04. The molecule has 5 heteroatoms. The van der Waals surface area contributed by atoms with Gasteiger partial charge in [0.25, 0.3) is 5.91 Å². The number of hydrogen-bond donors (Lipinski definition) is 2. The summed E-state index contributed by atoms with van der Waals surface area (Å²) in [6.07, 6.45) is 3.54. The molecule has 22 heavy (non-hydrogen) atoms. The van der Waals surface area contributed by atoms with E-state index in [0.717, 1.165) is 24.0 Å². The van der Waals surface area contributed by atoms with Crippen molar-refractivity contribution in [2.24, 2.45) is 0 Å². The minimum atomic E-state index is -0.0477. The van der Waals surface area contributed by atoms with Gasteiger partial charge in [-0.25, -0.2) is 4.98 Å². The Balaban J connectivity index is 1.79. The number of aromatic nitrogens is 1. The number of anilines is 1. The molecule has 2 heterocycles. The van der Waals surface area contributed by atoms with Crippen molar-refractivity contribution < 1.29 is 9.90 Å². The zero-order valence-electron chi connectivity index (χ0n) is 12.3. The van der Waals surface area contributed by atoms with Crippen LogP contribution in [0.1, 0.15) is 23.2 Å². The molecule has 1 saturated heterocycles. The number of pyridine rings is 1. The number of nitrogen functional groups attached to an aromatic ring is 1. The van der Waals surface area contributed by atoms with Gasteiger partial charge in [0.15, 0.2) is 0 Å². The molecule has 1 fully saturated rings. The molecule has 1 aliphatic rings. The minimum Gasteiger partial charge on any atom is -0.394 e. The van der Waals surface area contributed by atoms with E-state index < -0.39 is 0 Å². The first-order valence-electron chi connectivity index (χ1n) is 7.43. The van der Waals surface area contributed by atoms with Crippen LogP contribution in [0.2, 0.25) is 0 Å². The number of amides is 1. The number of nitrogens with two attached hydrogens (primary N) is 1. The first kappa shape index (κ1) is 14.5. The molecular formula is C17H19N3O2. The van der Waals surface area contributed by atoms with E-state index in [0.29, 0.717) is 17.9 Å². The maximum Gasteiger partial charge on any atom is 0.254 e. The Morgan fingerprint density at radius 1 is 1.23 bits per heavy atom. The number of rotatable bonds is 3. The molecule has 0 spiro atoms. The van der Waals surface area contributed by atoms with Gasteiger partial charge in [-0.05, 0) is 42.7 Å². The molecule has 0 unspecified atom stereocenters. The summed E-state index contributed by atoms with van der Waals surface area (Å²) in [7, 11) is 0.